The van der Waals surface area contributed by atoms with Crippen LogP contribution in [-0.2, 0) is 14.6 Å². The molecule has 0 unspecified atom stereocenters. The number of rotatable bonds is 13. The van der Waals surface area contributed by atoms with Crippen LogP contribution in [0.1, 0.15) is 40.5 Å². The van der Waals surface area contributed by atoms with Gasteiger partial charge in [-0.2, -0.15) is 0 Å². The van der Waals surface area contributed by atoms with Gasteiger partial charge in [0.15, 0.2) is 5.96 Å². The highest BCUT2D eigenvalue weighted by Crippen LogP contribution is 2.16. The van der Waals surface area contributed by atoms with Crippen LogP contribution < -0.4 is 15.4 Å². The highest BCUT2D eigenvalue weighted by molar-refractivity contribution is 14.0. The Kier molecular flexibility index (Phi) is 15.1. The van der Waals surface area contributed by atoms with Crippen molar-refractivity contribution >= 4 is 45.5 Å². The lowest BCUT2D eigenvalue weighted by molar-refractivity contribution is 0.108. The molecule has 7 nitrogen and oxygen atoms in total. The number of sulfone groups is 1. The molecule has 0 bridgehead atoms. The Hall–Kier alpha value is -1.07. The van der Waals surface area contributed by atoms with Gasteiger partial charge in [-0.25, -0.2) is 8.42 Å². The quantitative estimate of drug-likeness (QED) is 0.166. The van der Waals surface area contributed by atoms with Gasteiger partial charge < -0.3 is 20.1 Å². The Morgan fingerprint density at radius 2 is 1.77 bits per heavy atom. The average molecular weight is 556 g/mol. The van der Waals surface area contributed by atoms with Gasteiger partial charge in [0.2, 0.25) is 0 Å². The molecule has 0 heterocycles. The SMILES string of the molecule is CC(C)COCCCNC(=NCCCS(C)(=O)=O)Nc1ccc(OC(C)C)cc1.I. The minimum atomic E-state index is -2.97. The molecule has 1 aromatic carbocycles. The largest absolute Gasteiger partial charge is 0.491 e. The summed E-state index contributed by atoms with van der Waals surface area (Å²) < 4.78 is 33.8. The van der Waals surface area contributed by atoms with Crippen LogP contribution in [0.4, 0.5) is 5.69 Å². The molecule has 0 aliphatic carbocycles. The number of aliphatic imine (C=N–C) groups is 1. The fourth-order valence-electron chi connectivity index (χ4n) is 2.38. The Bertz CT molecular complexity index is 707. The Morgan fingerprint density at radius 1 is 1.10 bits per heavy atom. The van der Waals surface area contributed by atoms with Gasteiger partial charge in [0, 0.05) is 38.2 Å². The fraction of sp³-hybridized carbons (Fsp3) is 0.667. The minimum absolute atomic E-state index is 0. The van der Waals surface area contributed by atoms with Crippen LogP contribution in [0, 0.1) is 5.92 Å². The van der Waals surface area contributed by atoms with Gasteiger partial charge in [-0.15, -0.1) is 24.0 Å². The van der Waals surface area contributed by atoms with Gasteiger partial charge in [0.25, 0.3) is 0 Å². The number of benzene rings is 1. The van der Waals surface area contributed by atoms with E-state index in [4.69, 9.17) is 9.47 Å². The molecule has 0 aliphatic heterocycles. The third kappa shape index (κ3) is 15.7. The van der Waals surface area contributed by atoms with Crippen LogP contribution in [0.25, 0.3) is 0 Å². The molecule has 0 fully saturated rings. The second-order valence-corrected chi connectivity index (χ2v) is 10.0. The van der Waals surface area contributed by atoms with E-state index in [1.54, 1.807) is 0 Å². The van der Waals surface area contributed by atoms with E-state index in [2.05, 4.69) is 29.5 Å². The van der Waals surface area contributed by atoms with Crippen molar-refractivity contribution < 1.29 is 17.9 Å². The average Bonchev–Trinajstić information content (AvgIpc) is 2.61. The van der Waals surface area contributed by atoms with Gasteiger partial charge in [-0.05, 0) is 56.9 Å². The van der Waals surface area contributed by atoms with E-state index in [0.29, 0.717) is 38.0 Å². The van der Waals surface area contributed by atoms with E-state index in [9.17, 15) is 8.42 Å². The molecule has 0 saturated heterocycles. The van der Waals surface area contributed by atoms with Gasteiger partial charge in [0.05, 0.1) is 11.9 Å². The zero-order valence-corrected chi connectivity index (χ0v) is 22.0. The zero-order chi connectivity index (χ0) is 21.7. The zero-order valence-electron chi connectivity index (χ0n) is 18.8. The predicted octanol–water partition coefficient (Wildman–Crippen LogP) is 3.95. The third-order valence-electron chi connectivity index (χ3n) is 3.64. The summed E-state index contributed by atoms with van der Waals surface area (Å²) in [6.07, 6.45) is 2.72. The van der Waals surface area contributed by atoms with Crippen LogP contribution in [0.2, 0.25) is 0 Å². The van der Waals surface area contributed by atoms with E-state index in [-0.39, 0.29) is 35.8 Å². The highest BCUT2D eigenvalue weighted by atomic mass is 127. The van der Waals surface area contributed by atoms with Crippen LogP contribution in [-0.4, -0.2) is 58.8 Å². The van der Waals surface area contributed by atoms with Crippen molar-refractivity contribution in [1.82, 2.24) is 5.32 Å². The van der Waals surface area contributed by atoms with Gasteiger partial charge in [0.1, 0.15) is 15.6 Å². The fourth-order valence-corrected chi connectivity index (χ4v) is 3.04. The molecule has 0 aromatic heterocycles. The molecule has 1 rings (SSSR count). The van der Waals surface area contributed by atoms with Crippen LogP contribution in [0.3, 0.4) is 0 Å². The first-order valence-electron chi connectivity index (χ1n) is 10.2. The first-order valence-corrected chi connectivity index (χ1v) is 12.3. The van der Waals surface area contributed by atoms with E-state index in [0.717, 1.165) is 24.5 Å². The summed E-state index contributed by atoms with van der Waals surface area (Å²) in [5.41, 5.74) is 0.881. The molecule has 9 heteroatoms. The standard InChI is InChI=1S/C21H37N3O4S.HI/c1-17(2)16-27-14-6-12-22-21(23-13-7-15-29(5,25)26)24-19-8-10-20(11-9-19)28-18(3)4;/h8-11,17-18H,6-7,12-16H2,1-5H3,(H2,22,23,24);1H. The first kappa shape index (κ1) is 28.9. The molecule has 0 radical (unpaired) electrons. The monoisotopic (exact) mass is 555 g/mol. The maximum absolute atomic E-state index is 11.3. The Balaban J connectivity index is 0.00000841. The molecular formula is C21H38IN3O4S. The summed E-state index contributed by atoms with van der Waals surface area (Å²) >= 11 is 0. The van der Waals surface area contributed by atoms with Crippen LogP contribution in [0.15, 0.2) is 29.3 Å². The molecule has 1 aromatic rings. The van der Waals surface area contributed by atoms with Crippen molar-refractivity contribution in [1.29, 1.82) is 0 Å². The van der Waals surface area contributed by atoms with Gasteiger partial charge in [-0.3, -0.25) is 4.99 Å². The maximum atomic E-state index is 11.3. The number of guanidine groups is 1. The van der Waals surface area contributed by atoms with Crippen molar-refractivity contribution in [2.75, 3.05) is 43.6 Å². The summed E-state index contributed by atoms with van der Waals surface area (Å²) in [6.45, 7) is 10.8. The second kappa shape index (κ2) is 15.7. The lowest BCUT2D eigenvalue weighted by Crippen LogP contribution is -2.32. The molecule has 0 atom stereocenters. The van der Waals surface area contributed by atoms with Crippen molar-refractivity contribution in [3.63, 3.8) is 0 Å². The van der Waals surface area contributed by atoms with Gasteiger partial charge in [-0.1, -0.05) is 13.8 Å². The molecule has 0 saturated carbocycles. The first-order chi connectivity index (χ1) is 13.7. The normalized spacial score (nSPS) is 12.0. The summed E-state index contributed by atoms with van der Waals surface area (Å²) in [7, 11) is -2.97. The number of nitrogens with one attached hydrogen (secondary N) is 2. The summed E-state index contributed by atoms with van der Waals surface area (Å²) in [4.78, 5) is 4.50. The number of anilines is 1. The Morgan fingerprint density at radius 3 is 2.33 bits per heavy atom. The van der Waals surface area contributed by atoms with E-state index in [1.807, 2.05) is 38.1 Å². The van der Waals surface area contributed by atoms with Gasteiger partial charge >= 0.3 is 0 Å². The molecule has 30 heavy (non-hydrogen) atoms. The number of ether oxygens (including phenoxy) is 2. The second-order valence-electron chi connectivity index (χ2n) is 7.78. The summed E-state index contributed by atoms with van der Waals surface area (Å²) in [5.74, 6) is 2.10. The number of hydrogen-bond acceptors (Lipinski definition) is 5. The minimum Gasteiger partial charge on any atom is -0.491 e. The maximum Gasteiger partial charge on any atom is 0.195 e. The molecule has 2 N–H and O–H groups in total. The van der Waals surface area contributed by atoms with Crippen molar-refractivity contribution in [3.8, 4) is 5.75 Å². The summed E-state index contributed by atoms with van der Waals surface area (Å²) in [5, 5.41) is 6.54. The number of halogens is 1. The van der Waals surface area contributed by atoms with Crippen LogP contribution >= 0.6 is 24.0 Å². The van der Waals surface area contributed by atoms with Crippen molar-refractivity contribution in [2.24, 2.45) is 10.9 Å². The van der Waals surface area contributed by atoms with E-state index < -0.39 is 9.84 Å². The van der Waals surface area contributed by atoms with Crippen LogP contribution in [0.5, 0.6) is 5.75 Å². The topological polar surface area (TPSA) is 89.0 Å². The third-order valence-corrected chi connectivity index (χ3v) is 4.67. The lowest BCUT2D eigenvalue weighted by Gasteiger charge is -2.14. The smallest absolute Gasteiger partial charge is 0.195 e. The molecule has 0 amide bonds. The van der Waals surface area contributed by atoms with Crippen molar-refractivity contribution in [2.45, 2.75) is 46.6 Å². The van der Waals surface area contributed by atoms with Crippen molar-refractivity contribution in [3.05, 3.63) is 24.3 Å². The van der Waals surface area contributed by atoms with E-state index in [1.165, 1.54) is 6.26 Å². The van der Waals surface area contributed by atoms with E-state index >= 15 is 0 Å². The molecule has 174 valence electrons. The summed E-state index contributed by atoms with van der Waals surface area (Å²) in [6, 6.07) is 7.67. The Labute approximate surface area is 199 Å². The molecule has 0 aliphatic rings. The number of nitrogens with zero attached hydrogens (tertiary/aromatic N) is 1. The molecule has 0 spiro atoms. The lowest BCUT2D eigenvalue weighted by atomic mass is 10.2. The predicted molar refractivity (Wildman–Crippen MR) is 136 cm³/mol. The number of hydrogen-bond donors (Lipinski definition) is 2. The highest BCUT2D eigenvalue weighted by Gasteiger charge is 2.04. The molecular weight excluding hydrogens is 517 g/mol.